The summed E-state index contributed by atoms with van der Waals surface area (Å²) >= 11 is 0. The fourth-order valence-corrected chi connectivity index (χ4v) is 7.04. The zero-order valence-electron chi connectivity index (χ0n) is 28.4. The number of hydrogen-bond donors (Lipinski definition) is 0. The van der Waals surface area contributed by atoms with Crippen molar-refractivity contribution in [2.24, 2.45) is 0 Å². The number of para-hydroxylation sites is 5. The van der Waals surface area contributed by atoms with Crippen LogP contribution in [0.25, 0.3) is 44.3 Å². The van der Waals surface area contributed by atoms with Gasteiger partial charge >= 0.3 is 0 Å². The first-order chi connectivity index (χ1) is 25.8. The summed E-state index contributed by atoms with van der Waals surface area (Å²) in [5.41, 5.74) is 12.1. The molecule has 1 aromatic heterocycles. The molecule has 9 aromatic rings. The standard InChI is InChI=1S/C48H34N4/c1-5-17-35(18-6-1)47-48(50-45-29-14-13-28-44(45)49-47)43-27-15-26-42-41(43)25-16-30-46(42)52(38-23-11-4-12-24-38)40-33-31-39(32-34-40)51(36-19-7-2-8-20-36)37-21-9-3-10-22-37/h1-34H. The molecule has 0 aliphatic heterocycles. The van der Waals surface area contributed by atoms with E-state index in [1.54, 1.807) is 0 Å². The SMILES string of the molecule is c1ccc(-c2nc3ccccc3nc2-c2cccc3c(N(c4ccccc4)c4ccc(N(c5ccccc5)c5ccccc5)cc4)cccc23)cc1. The summed E-state index contributed by atoms with van der Waals surface area (Å²) in [6, 6.07) is 72.0. The van der Waals surface area contributed by atoms with Gasteiger partial charge in [0.1, 0.15) is 0 Å². The molecule has 0 unspecified atom stereocenters. The van der Waals surface area contributed by atoms with Crippen LogP contribution >= 0.6 is 0 Å². The Morgan fingerprint density at radius 1 is 0.288 bits per heavy atom. The van der Waals surface area contributed by atoms with Crippen molar-refractivity contribution in [2.75, 3.05) is 9.80 Å². The molecule has 0 atom stereocenters. The molecule has 0 amide bonds. The molecule has 4 nitrogen and oxygen atoms in total. The monoisotopic (exact) mass is 666 g/mol. The van der Waals surface area contributed by atoms with Crippen LogP contribution in [0.2, 0.25) is 0 Å². The summed E-state index contributed by atoms with van der Waals surface area (Å²) < 4.78 is 0. The lowest BCUT2D eigenvalue weighted by Crippen LogP contribution is -2.12. The first-order valence-electron chi connectivity index (χ1n) is 17.5. The van der Waals surface area contributed by atoms with Gasteiger partial charge in [-0.1, -0.05) is 127 Å². The number of nitrogens with zero attached hydrogens (tertiary/aromatic N) is 4. The topological polar surface area (TPSA) is 32.3 Å². The Morgan fingerprint density at radius 3 is 1.29 bits per heavy atom. The minimum absolute atomic E-state index is 0.866. The Labute approximate surface area is 303 Å². The summed E-state index contributed by atoms with van der Waals surface area (Å²) in [4.78, 5) is 15.1. The maximum atomic E-state index is 5.26. The second-order valence-corrected chi connectivity index (χ2v) is 12.6. The van der Waals surface area contributed by atoms with E-state index >= 15 is 0 Å². The maximum Gasteiger partial charge on any atom is 0.0979 e. The second-order valence-electron chi connectivity index (χ2n) is 12.6. The predicted molar refractivity (Wildman–Crippen MR) is 217 cm³/mol. The van der Waals surface area contributed by atoms with Gasteiger partial charge in [0.15, 0.2) is 0 Å². The fourth-order valence-electron chi connectivity index (χ4n) is 7.04. The van der Waals surface area contributed by atoms with Crippen LogP contribution in [0.15, 0.2) is 206 Å². The highest BCUT2D eigenvalue weighted by atomic mass is 15.2. The summed E-state index contributed by atoms with van der Waals surface area (Å²) in [7, 11) is 0. The van der Waals surface area contributed by atoms with Crippen molar-refractivity contribution in [3.63, 3.8) is 0 Å². The van der Waals surface area contributed by atoms with Crippen LogP contribution in [0.1, 0.15) is 0 Å². The highest BCUT2D eigenvalue weighted by Crippen LogP contribution is 2.43. The Hall–Kier alpha value is -7.04. The summed E-state index contributed by atoms with van der Waals surface area (Å²) in [5, 5.41) is 2.23. The third-order valence-corrected chi connectivity index (χ3v) is 9.42. The Balaban J connectivity index is 1.20. The number of rotatable bonds is 8. The van der Waals surface area contributed by atoms with E-state index < -0.39 is 0 Å². The van der Waals surface area contributed by atoms with Crippen LogP contribution in [0.4, 0.5) is 34.1 Å². The van der Waals surface area contributed by atoms with Gasteiger partial charge in [-0.3, -0.25) is 0 Å². The van der Waals surface area contributed by atoms with Crippen molar-refractivity contribution in [1.82, 2.24) is 9.97 Å². The summed E-state index contributed by atoms with van der Waals surface area (Å²) in [6.45, 7) is 0. The molecule has 0 saturated carbocycles. The average molecular weight is 667 g/mol. The molecule has 1 heterocycles. The van der Waals surface area contributed by atoms with Crippen LogP contribution < -0.4 is 9.80 Å². The van der Waals surface area contributed by atoms with E-state index in [4.69, 9.17) is 9.97 Å². The highest BCUT2D eigenvalue weighted by molar-refractivity contribution is 6.07. The smallest absolute Gasteiger partial charge is 0.0979 e. The fraction of sp³-hybridized carbons (Fsp3) is 0. The molecule has 0 N–H and O–H groups in total. The second kappa shape index (κ2) is 13.7. The van der Waals surface area contributed by atoms with Crippen molar-refractivity contribution in [2.45, 2.75) is 0 Å². The largest absolute Gasteiger partial charge is 0.311 e. The zero-order valence-corrected chi connectivity index (χ0v) is 28.4. The number of benzene rings is 8. The maximum absolute atomic E-state index is 5.26. The first kappa shape index (κ1) is 31.0. The minimum Gasteiger partial charge on any atom is -0.311 e. The van der Waals surface area contributed by atoms with Crippen LogP contribution in [0.3, 0.4) is 0 Å². The molecule has 0 saturated heterocycles. The van der Waals surface area contributed by atoms with Crippen LogP contribution in [-0.4, -0.2) is 9.97 Å². The quantitative estimate of drug-likeness (QED) is 0.162. The molecule has 9 rings (SSSR count). The van der Waals surface area contributed by atoms with Crippen molar-refractivity contribution in [3.05, 3.63) is 206 Å². The van der Waals surface area contributed by atoms with Gasteiger partial charge in [-0.2, -0.15) is 0 Å². The molecule has 8 aromatic carbocycles. The highest BCUT2D eigenvalue weighted by Gasteiger charge is 2.20. The molecule has 4 heteroatoms. The first-order valence-corrected chi connectivity index (χ1v) is 17.5. The summed E-state index contributed by atoms with van der Waals surface area (Å²) in [6.07, 6.45) is 0. The van der Waals surface area contributed by atoms with Gasteiger partial charge in [0, 0.05) is 45.0 Å². The lowest BCUT2D eigenvalue weighted by Gasteiger charge is -2.29. The van der Waals surface area contributed by atoms with E-state index in [2.05, 4.69) is 186 Å². The van der Waals surface area contributed by atoms with Gasteiger partial charge in [-0.15, -0.1) is 0 Å². The molecule has 52 heavy (non-hydrogen) atoms. The van der Waals surface area contributed by atoms with Gasteiger partial charge < -0.3 is 9.80 Å². The molecule has 0 bridgehead atoms. The molecule has 246 valence electrons. The van der Waals surface area contributed by atoms with E-state index in [9.17, 15) is 0 Å². The predicted octanol–water partition coefficient (Wildman–Crippen LogP) is 13.1. The lowest BCUT2D eigenvalue weighted by atomic mass is 9.96. The van der Waals surface area contributed by atoms with Crippen LogP contribution in [-0.2, 0) is 0 Å². The molecular weight excluding hydrogens is 633 g/mol. The van der Waals surface area contributed by atoms with Gasteiger partial charge in [-0.25, -0.2) is 9.97 Å². The van der Waals surface area contributed by atoms with E-state index in [1.165, 1.54) is 0 Å². The Morgan fingerprint density at radius 2 is 0.712 bits per heavy atom. The van der Waals surface area contributed by atoms with E-state index in [0.717, 1.165) is 78.4 Å². The average Bonchev–Trinajstić information content (AvgIpc) is 3.22. The van der Waals surface area contributed by atoms with Crippen molar-refractivity contribution >= 4 is 55.9 Å². The van der Waals surface area contributed by atoms with Crippen molar-refractivity contribution < 1.29 is 0 Å². The minimum atomic E-state index is 0.866. The molecule has 0 aliphatic rings. The normalized spacial score (nSPS) is 11.1. The van der Waals surface area contributed by atoms with Crippen LogP contribution in [0.5, 0.6) is 0 Å². The van der Waals surface area contributed by atoms with Crippen LogP contribution in [0, 0.1) is 0 Å². The van der Waals surface area contributed by atoms with Gasteiger partial charge in [0.2, 0.25) is 0 Å². The van der Waals surface area contributed by atoms with Crippen molar-refractivity contribution in [1.29, 1.82) is 0 Å². The third-order valence-electron chi connectivity index (χ3n) is 9.42. The van der Waals surface area contributed by atoms with E-state index in [-0.39, 0.29) is 0 Å². The molecule has 0 spiro atoms. The number of anilines is 6. The van der Waals surface area contributed by atoms with E-state index in [0.29, 0.717) is 0 Å². The van der Waals surface area contributed by atoms with Gasteiger partial charge in [0.05, 0.1) is 28.1 Å². The Kier molecular flexibility index (Phi) is 8.16. The van der Waals surface area contributed by atoms with Gasteiger partial charge in [-0.05, 0) is 84.2 Å². The molecule has 0 fully saturated rings. The zero-order chi connectivity index (χ0) is 34.7. The summed E-state index contributed by atoms with van der Waals surface area (Å²) in [5.74, 6) is 0. The van der Waals surface area contributed by atoms with Crippen molar-refractivity contribution in [3.8, 4) is 22.5 Å². The number of fused-ring (bicyclic) bond motifs is 2. The van der Waals surface area contributed by atoms with E-state index in [1.807, 2.05) is 30.3 Å². The van der Waals surface area contributed by atoms with Gasteiger partial charge in [0.25, 0.3) is 0 Å². The molecular formula is C48H34N4. The third kappa shape index (κ3) is 5.82. The Bertz CT molecular complexity index is 2570. The number of aromatic nitrogens is 2. The lowest BCUT2D eigenvalue weighted by molar-refractivity contribution is 1.26. The molecule has 0 aliphatic carbocycles. The molecule has 0 radical (unpaired) electrons. The number of hydrogen-bond acceptors (Lipinski definition) is 4.